The minimum absolute atomic E-state index is 0.314. The van der Waals surface area contributed by atoms with Gasteiger partial charge in [-0.2, -0.15) is 0 Å². The van der Waals surface area contributed by atoms with Gasteiger partial charge in [0.25, 0.3) is 0 Å². The zero-order valence-electron chi connectivity index (χ0n) is 9.29. The number of thiazole rings is 1. The third-order valence-corrected chi connectivity index (χ3v) is 4.48. The lowest BCUT2D eigenvalue weighted by Gasteiger charge is -1.91. The third kappa shape index (κ3) is 2.14. The summed E-state index contributed by atoms with van der Waals surface area (Å²) in [5, 5.41) is 12.0. The molecule has 3 rings (SSSR count). The van der Waals surface area contributed by atoms with Crippen molar-refractivity contribution in [3.8, 4) is 0 Å². The number of hydrogen-bond acceptors (Lipinski definition) is 4. The zero-order chi connectivity index (χ0) is 12.5. The third-order valence-electron chi connectivity index (χ3n) is 2.59. The van der Waals surface area contributed by atoms with E-state index in [2.05, 4.69) is 11.1 Å². The molecule has 0 amide bonds. The van der Waals surface area contributed by atoms with Gasteiger partial charge in [-0.25, -0.2) is 9.78 Å². The largest absolute Gasteiger partial charge is 0.478 e. The smallest absolute Gasteiger partial charge is 0.335 e. The first kappa shape index (κ1) is 11.4. The number of benzene rings is 1. The average molecular weight is 275 g/mol. The Balaban J connectivity index is 1.98. The number of aromatic carboxylic acids is 1. The Bertz CT molecular complexity index is 701. The molecule has 0 saturated heterocycles. The van der Waals surface area contributed by atoms with Gasteiger partial charge in [-0.1, -0.05) is 6.07 Å². The van der Waals surface area contributed by atoms with Crippen molar-refractivity contribution in [2.45, 2.75) is 6.42 Å². The van der Waals surface area contributed by atoms with Crippen LogP contribution in [0.2, 0.25) is 0 Å². The second-order valence-electron chi connectivity index (χ2n) is 3.85. The molecule has 0 aliphatic heterocycles. The Kier molecular flexibility index (Phi) is 2.85. The molecule has 0 spiro atoms. The van der Waals surface area contributed by atoms with Crippen molar-refractivity contribution >= 4 is 38.9 Å². The van der Waals surface area contributed by atoms with Crippen LogP contribution in [0.4, 0.5) is 0 Å². The fourth-order valence-electron chi connectivity index (χ4n) is 1.74. The molecule has 0 saturated carbocycles. The molecule has 2 heterocycles. The van der Waals surface area contributed by atoms with Crippen molar-refractivity contribution in [2.75, 3.05) is 0 Å². The highest BCUT2D eigenvalue weighted by Crippen LogP contribution is 2.26. The quantitative estimate of drug-likeness (QED) is 0.793. The lowest BCUT2D eigenvalue weighted by atomic mass is 10.2. The van der Waals surface area contributed by atoms with Crippen molar-refractivity contribution in [3.05, 3.63) is 51.2 Å². The molecule has 90 valence electrons. The minimum Gasteiger partial charge on any atom is -0.478 e. The number of carboxylic acid groups (broad SMARTS) is 1. The van der Waals surface area contributed by atoms with E-state index in [9.17, 15) is 4.79 Å². The van der Waals surface area contributed by atoms with E-state index in [1.54, 1.807) is 40.9 Å². The predicted molar refractivity (Wildman–Crippen MR) is 73.7 cm³/mol. The first-order valence-corrected chi connectivity index (χ1v) is 7.07. The van der Waals surface area contributed by atoms with E-state index >= 15 is 0 Å². The summed E-state index contributed by atoms with van der Waals surface area (Å²) in [6.07, 6.45) is 0.819. The molecule has 5 heteroatoms. The highest BCUT2D eigenvalue weighted by molar-refractivity contribution is 7.18. The normalized spacial score (nSPS) is 10.9. The predicted octanol–water partition coefficient (Wildman–Crippen LogP) is 3.65. The molecule has 0 radical (unpaired) electrons. The molecule has 0 unspecified atom stereocenters. The number of aromatic nitrogens is 1. The Morgan fingerprint density at radius 1 is 1.33 bits per heavy atom. The Morgan fingerprint density at radius 3 is 2.94 bits per heavy atom. The summed E-state index contributed by atoms with van der Waals surface area (Å²) < 4.78 is 0.932. The minimum atomic E-state index is -0.898. The van der Waals surface area contributed by atoms with Gasteiger partial charge >= 0.3 is 5.97 Å². The highest BCUT2D eigenvalue weighted by atomic mass is 32.1. The van der Waals surface area contributed by atoms with Gasteiger partial charge in [0.2, 0.25) is 0 Å². The van der Waals surface area contributed by atoms with Crippen LogP contribution in [0.25, 0.3) is 10.2 Å². The number of carbonyl (C=O) groups is 1. The highest BCUT2D eigenvalue weighted by Gasteiger charge is 2.08. The van der Waals surface area contributed by atoms with Crippen LogP contribution in [0.5, 0.6) is 0 Å². The van der Waals surface area contributed by atoms with E-state index in [1.165, 1.54) is 4.88 Å². The molecule has 0 atom stereocenters. The fraction of sp³-hybridized carbons (Fsp3) is 0.0769. The van der Waals surface area contributed by atoms with Crippen LogP contribution in [0, 0.1) is 0 Å². The number of thiophene rings is 1. The second-order valence-corrected chi connectivity index (χ2v) is 6.00. The number of hydrogen-bond donors (Lipinski definition) is 1. The van der Waals surface area contributed by atoms with Crippen molar-refractivity contribution in [3.63, 3.8) is 0 Å². The van der Waals surface area contributed by atoms with Gasteiger partial charge in [0.05, 0.1) is 20.8 Å². The first-order valence-electron chi connectivity index (χ1n) is 5.37. The van der Waals surface area contributed by atoms with Crippen molar-refractivity contribution in [1.82, 2.24) is 4.98 Å². The number of fused-ring (bicyclic) bond motifs is 1. The Hall–Kier alpha value is -1.72. The molecule has 3 aromatic rings. The molecule has 1 aromatic carbocycles. The van der Waals surface area contributed by atoms with Crippen LogP contribution in [-0.4, -0.2) is 16.1 Å². The average Bonchev–Trinajstić information content (AvgIpc) is 2.96. The van der Waals surface area contributed by atoms with Gasteiger partial charge in [0.15, 0.2) is 0 Å². The summed E-state index contributed by atoms with van der Waals surface area (Å²) in [6, 6.07) is 9.16. The Labute approximate surface area is 111 Å². The maximum atomic E-state index is 10.9. The van der Waals surface area contributed by atoms with Crippen LogP contribution in [0.15, 0.2) is 35.7 Å². The van der Waals surface area contributed by atoms with Gasteiger partial charge in [-0.3, -0.25) is 0 Å². The van der Waals surface area contributed by atoms with Crippen LogP contribution < -0.4 is 0 Å². The summed E-state index contributed by atoms with van der Waals surface area (Å²) in [5.41, 5.74) is 1.19. The molecular formula is C13H9NO2S2. The van der Waals surface area contributed by atoms with Gasteiger partial charge in [-0.15, -0.1) is 22.7 Å². The lowest BCUT2D eigenvalue weighted by molar-refractivity contribution is 0.0697. The van der Waals surface area contributed by atoms with E-state index in [4.69, 9.17) is 5.11 Å². The van der Waals surface area contributed by atoms with E-state index in [1.807, 2.05) is 11.4 Å². The fourth-order valence-corrected chi connectivity index (χ4v) is 3.57. The lowest BCUT2D eigenvalue weighted by Crippen LogP contribution is -1.94. The molecular weight excluding hydrogens is 266 g/mol. The van der Waals surface area contributed by atoms with Crippen molar-refractivity contribution < 1.29 is 9.90 Å². The summed E-state index contributed by atoms with van der Waals surface area (Å²) in [5.74, 6) is -0.898. The van der Waals surface area contributed by atoms with Crippen LogP contribution >= 0.6 is 22.7 Å². The summed E-state index contributed by atoms with van der Waals surface area (Å²) in [7, 11) is 0. The molecule has 0 aliphatic rings. The monoisotopic (exact) mass is 275 g/mol. The Morgan fingerprint density at radius 2 is 2.22 bits per heavy atom. The molecule has 2 aromatic heterocycles. The molecule has 1 N–H and O–H groups in total. The van der Waals surface area contributed by atoms with E-state index in [0.717, 1.165) is 21.6 Å². The maximum Gasteiger partial charge on any atom is 0.335 e. The standard InChI is InChI=1S/C13H9NO2S2/c15-13(16)8-3-4-10-11(6-8)18-12(14-10)7-9-2-1-5-17-9/h1-6H,7H2,(H,15,16). The summed E-state index contributed by atoms with van der Waals surface area (Å²) in [4.78, 5) is 16.7. The first-order chi connectivity index (χ1) is 8.72. The van der Waals surface area contributed by atoms with Gasteiger partial charge < -0.3 is 5.11 Å². The molecule has 0 fully saturated rings. The second kappa shape index (κ2) is 4.51. The molecule has 3 nitrogen and oxygen atoms in total. The van der Waals surface area contributed by atoms with E-state index in [-0.39, 0.29) is 0 Å². The van der Waals surface area contributed by atoms with Crippen LogP contribution in [0.3, 0.4) is 0 Å². The SMILES string of the molecule is O=C(O)c1ccc2nc(Cc3cccs3)sc2c1. The molecule has 0 aliphatic carbocycles. The van der Waals surface area contributed by atoms with Crippen LogP contribution in [0.1, 0.15) is 20.2 Å². The number of nitrogens with zero attached hydrogens (tertiary/aromatic N) is 1. The van der Waals surface area contributed by atoms with Crippen LogP contribution in [-0.2, 0) is 6.42 Å². The summed E-state index contributed by atoms with van der Waals surface area (Å²) >= 11 is 3.27. The maximum absolute atomic E-state index is 10.9. The van der Waals surface area contributed by atoms with Gasteiger partial charge in [0.1, 0.15) is 0 Å². The van der Waals surface area contributed by atoms with E-state index < -0.39 is 5.97 Å². The topological polar surface area (TPSA) is 50.2 Å². The van der Waals surface area contributed by atoms with Crippen molar-refractivity contribution in [2.24, 2.45) is 0 Å². The van der Waals surface area contributed by atoms with E-state index in [0.29, 0.717) is 5.56 Å². The molecule has 0 bridgehead atoms. The molecule has 18 heavy (non-hydrogen) atoms. The number of rotatable bonds is 3. The number of carboxylic acids is 1. The zero-order valence-corrected chi connectivity index (χ0v) is 10.9. The van der Waals surface area contributed by atoms with Gasteiger partial charge in [0, 0.05) is 11.3 Å². The van der Waals surface area contributed by atoms with Gasteiger partial charge in [-0.05, 0) is 29.6 Å². The summed E-state index contributed by atoms with van der Waals surface area (Å²) in [6.45, 7) is 0. The van der Waals surface area contributed by atoms with Crippen molar-refractivity contribution in [1.29, 1.82) is 0 Å².